The number of hydrogen-bond donors (Lipinski definition) is 1. The number of benzene rings is 3. The van der Waals surface area contributed by atoms with Gasteiger partial charge in [0.15, 0.2) is 11.5 Å². The maximum Gasteiger partial charge on any atom is 0.254 e. The van der Waals surface area contributed by atoms with E-state index in [0.717, 1.165) is 27.6 Å². The van der Waals surface area contributed by atoms with Crippen molar-refractivity contribution < 1.29 is 19.0 Å². The first-order chi connectivity index (χ1) is 18.3. The number of hydrogen-bond acceptors (Lipinski definition) is 5. The summed E-state index contributed by atoms with van der Waals surface area (Å²) >= 11 is 0. The predicted octanol–water partition coefficient (Wildman–Crippen LogP) is 5.45. The lowest BCUT2D eigenvalue weighted by atomic mass is 10.0. The van der Waals surface area contributed by atoms with Gasteiger partial charge < -0.3 is 24.1 Å². The van der Waals surface area contributed by atoms with Gasteiger partial charge in [-0.05, 0) is 86.3 Å². The van der Waals surface area contributed by atoms with Crippen LogP contribution in [0.2, 0.25) is 0 Å². The third kappa shape index (κ3) is 5.83. The van der Waals surface area contributed by atoms with Crippen LogP contribution in [0.1, 0.15) is 39.5 Å². The molecule has 4 aromatic rings. The van der Waals surface area contributed by atoms with Gasteiger partial charge in [-0.25, -0.2) is 0 Å². The zero-order chi connectivity index (χ0) is 27.2. The molecule has 0 saturated heterocycles. The molecule has 0 aliphatic heterocycles. The van der Waals surface area contributed by atoms with Crippen molar-refractivity contribution in [3.63, 3.8) is 0 Å². The number of pyridine rings is 1. The Labute approximate surface area is 223 Å². The third-order valence-electron chi connectivity index (χ3n) is 6.70. The Balaban J connectivity index is 1.66. The van der Waals surface area contributed by atoms with Crippen LogP contribution in [0.25, 0.3) is 10.9 Å². The van der Waals surface area contributed by atoms with Crippen LogP contribution in [0, 0.1) is 13.8 Å². The number of aromatic nitrogens is 1. The topological polar surface area (TPSA) is 80.9 Å². The largest absolute Gasteiger partial charge is 0.494 e. The average Bonchev–Trinajstić information content (AvgIpc) is 2.93. The number of H-pyrrole nitrogens is 1. The molecule has 0 spiro atoms. The molecule has 1 heterocycles. The van der Waals surface area contributed by atoms with Crippen LogP contribution in [-0.4, -0.2) is 43.2 Å². The molecule has 0 saturated carbocycles. The summed E-state index contributed by atoms with van der Waals surface area (Å²) in [5, 5.41) is 0.980. The highest BCUT2D eigenvalue weighted by Gasteiger charge is 2.19. The van der Waals surface area contributed by atoms with Crippen LogP contribution < -0.4 is 19.8 Å². The zero-order valence-corrected chi connectivity index (χ0v) is 22.6. The molecule has 7 heteroatoms. The molecule has 1 amide bonds. The monoisotopic (exact) mass is 514 g/mol. The van der Waals surface area contributed by atoms with Crippen LogP contribution in [0.4, 0.5) is 0 Å². The van der Waals surface area contributed by atoms with E-state index in [4.69, 9.17) is 14.2 Å². The van der Waals surface area contributed by atoms with Gasteiger partial charge in [0.25, 0.3) is 11.5 Å². The summed E-state index contributed by atoms with van der Waals surface area (Å²) in [6, 6.07) is 18.8. The lowest BCUT2D eigenvalue weighted by molar-refractivity contribution is 0.0744. The first-order valence-electron chi connectivity index (χ1n) is 12.7. The molecule has 0 bridgehead atoms. The predicted molar refractivity (Wildman–Crippen MR) is 150 cm³/mol. The van der Waals surface area contributed by atoms with Crippen molar-refractivity contribution >= 4 is 16.8 Å². The maximum absolute atomic E-state index is 13.7. The van der Waals surface area contributed by atoms with Crippen molar-refractivity contribution in [3.05, 3.63) is 98.8 Å². The van der Waals surface area contributed by atoms with Gasteiger partial charge >= 0.3 is 0 Å². The second-order valence-electron chi connectivity index (χ2n) is 9.24. The quantitative estimate of drug-likeness (QED) is 0.305. The van der Waals surface area contributed by atoms with Gasteiger partial charge in [-0.2, -0.15) is 0 Å². The summed E-state index contributed by atoms with van der Waals surface area (Å²) in [5.74, 6) is 1.82. The molecule has 0 unspecified atom stereocenters. The highest BCUT2D eigenvalue weighted by atomic mass is 16.5. The summed E-state index contributed by atoms with van der Waals surface area (Å²) in [6.45, 7) is 7.05. The minimum absolute atomic E-state index is 0.158. The van der Waals surface area contributed by atoms with E-state index in [-0.39, 0.29) is 18.0 Å². The lowest BCUT2D eigenvalue weighted by Gasteiger charge is -2.23. The van der Waals surface area contributed by atoms with E-state index < -0.39 is 0 Å². The molecule has 38 heavy (non-hydrogen) atoms. The summed E-state index contributed by atoms with van der Waals surface area (Å²) in [5.41, 5.74) is 4.77. The number of ether oxygens (including phenoxy) is 3. The van der Waals surface area contributed by atoms with Crippen molar-refractivity contribution in [2.75, 3.05) is 27.4 Å². The molecule has 0 aliphatic rings. The van der Waals surface area contributed by atoms with E-state index in [2.05, 4.69) is 4.98 Å². The fraction of sp³-hybridized carbons (Fsp3) is 0.290. The standard InChI is InChI=1S/C31H34N2O5/c1-6-38-25-12-10-23(11-13-25)31(35)33(16-15-22-9-14-27(36-4)28(17-22)37-5)19-24-18-26-20(2)7-8-21(3)29(26)32-30(24)34/h7-14,17-18H,6,15-16,19H2,1-5H3,(H,32,34). The number of fused-ring (bicyclic) bond motifs is 1. The molecule has 0 fully saturated rings. The van der Waals surface area contributed by atoms with Crippen molar-refractivity contribution in [1.29, 1.82) is 0 Å². The number of aromatic amines is 1. The number of methoxy groups -OCH3 is 2. The number of nitrogens with zero attached hydrogens (tertiary/aromatic N) is 1. The SMILES string of the molecule is CCOc1ccc(C(=O)N(CCc2ccc(OC)c(OC)c2)Cc2cc3c(C)ccc(C)c3[nH]c2=O)cc1. The van der Waals surface area contributed by atoms with Gasteiger partial charge in [-0.3, -0.25) is 9.59 Å². The fourth-order valence-corrected chi connectivity index (χ4v) is 4.54. The van der Waals surface area contributed by atoms with Crippen molar-refractivity contribution in [1.82, 2.24) is 9.88 Å². The molecule has 4 rings (SSSR count). The number of carbonyl (C=O) groups excluding carboxylic acids is 1. The van der Waals surface area contributed by atoms with Gasteiger partial charge in [0.1, 0.15) is 5.75 Å². The Morgan fingerprint density at radius 1 is 0.895 bits per heavy atom. The van der Waals surface area contributed by atoms with E-state index in [9.17, 15) is 9.59 Å². The van der Waals surface area contributed by atoms with Crippen LogP contribution >= 0.6 is 0 Å². The van der Waals surface area contributed by atoms with Crippen molar-refractivity contribution in [2.24, 2.45) is 0 Å². The fourth-order valence-electron chi connectivity index (χ4n) is 4.54. The Bertz CT molecular complexity index is 1490. The second kappa shape index (κ2) is 11.9. The third-order valence-corrected chi connectivity index (χ3v) is 6.70. The Kier molecular flexibility index (Phi) is 8.36. The summed E-state index contributed by atoms with van der Waals surface area (Å²) in [7, 11) is 3.19. The van der Waals surface area contributed by atoms with Crippen LogP contribution in [0.5, 0.6) is 17.2 Å². The molecule has 7 nitrogen and oxygen atoms in total. The number of rotatable bonds is 10. The van der Waals surface area contributed by atoms with Gasteiger partial charge in [0.05, 0.1) is 32.9 Å². The van der Waals surface area contributed by atoms with E-state index >= 15 is 0 Å². The minimum Gasteiger partial charge on any atom is -0.494 e. The van der Waals surface area contributed by atoms with Crippen LogP contribution in [0.3, 0.4) is 0 Å². The van der Waals surface area contributed by atoms with E-state index in [0.29, 0.717) is 47.9 Å². The minimum atomic E-state index is -0.193. The van der Waals surface area contributed by atoms with Gasteiger partial charge in [0, 0.05) is 23.1 Å². The normalized spacial score (nSPS) is 10.9. The molecule has 1 aromatic heterocycles. The summed E-state index contributed by atoms with van der Waals surface area (Å²) < 4.78 is 16.3. The summed E-state index contributed by atoms with van der Waals surface area (Å²) in [6.07, 6.45) is 0.576. The summed E-state index contributed by atoms with van der Waals surface area (Å²) in [4.78, 5) is 31.5. The molecular weight excluding hydrogens is 480 g/mol. The van der Waals surface area contributed by atoms with E-state index in [1.165, 1.54) is 0 Å². The van der Waals surface area contributed by atoms with Gasteiger partial charge in [-0.15, -0.1) is 0 Å². The van der Waals surface area contributed by atoms with Crippen LogP contribution in [0.15, 0.2) is 65.5 Å². The molecular formula is C31H34N2O5. The highest BCUT2D eigenvalue weighted by Crippen LogP contribution is 2.28. The van der Waals surface area contributed by atoms with Gasteiger partial charge in [-0.1, -0.05) is 18.2 Å². The maximum atomic E-state index is 13.7. The van der Waals surface area contributed by atoms with Crippen molar-refractivity contribution in [3.8, 4) is 17.2 Å². The zero-order valence-electron chi connectivity index (χ0n) is 22.6. The molecule has 0 aliphatic carbocycles. The van der Waals surface area contributed by atoms with Crippen LogP contribution in [-0.2, 0) is 13.0 Å². The van der Waals surface area contributed by atoms with Gasteiger partial charge in [0.2, 0.25) is 0 Å². The Hall–Kier alpha value is -4.26. The number of carbonyl (C=O) groups is 1. The smallest absolute Gasteiger partial charge is 0.254 e. The molecule has 0 radical (unpaired) electrons. The highest BCUT2D eigenvalue weighted by molar-refractivity contribution is 5.94. The molecule has 1 N–H and O–H groups in total. The molecule has 3 aromatic carbocycles. The molecule has 0 atom stereocenters. The lowest BCUT2D eigenvalue weighted by Crippen LogP contribution is -2.34. The Morgan fingerprint density at radius 2 is 1.61 bits per heavy atom. The van der Waals surface area contributed by atoms with E-state index in [1.54, 1.807) is 43.4 Å². The average molecular weight is 515 g/mol. The number of amides is 1. The number of nitrogens with one attached hydrogen (secondary N) is 1. The number of aryl methyl sites for hydroxylation is 2. The van der Waals surface area contributed by atoms with Crippen molar-refractivity contribution in [2.45, 2.75) is 33.7 Å². The first-order valence-corrected chi connectivity index (χ1v) is 12.7. The molecule has 198 valence electrons. The Morgan fingerprint density at radius 3 is 2.29 bits per heavy atom. The first kappa shape index (κ1) is 26.8. The van der Waals surface area contributed by atoms with E-state index in [1.807, 2.05) is 57.2 Å². The second-order valence-corrected chi connectivity index (χ2v) is 9.24.